The van der Waals surface area contributed by atoms with Crippen molar-refractivity contribution in [3.05, 3.63) is 0 Å². The van der Waals surface area contributed by atoms with E-state index in [4.69, 9.17) is 0 Å². The summed E-state index contributed by atoms with van der Waals surface area (Å²) < 4.78 is 60.2. The maximum absolute atomic E-state index is 11.6. The van der Waals surface area contributed by atoms with Crippen molar-refractivity contribution in [3.63, 3.8) is 0 Å². The summed E-state index contributed by atoms with van der Waals surface area (Å²) in [5.41, 5.74) is 0. The molecule has 1 saturated heterocycles. The Morgan fingerprint density at radius 2 is 1.62 bits per heavy atom. The first-order valence-electron chi connectivity index (χ1n) is 5.46. The predicted octanol–water partition coefficient (Wildman–Crippen LogP) is 1.82. The molecule has 0 bridgehead atoms. The average Bonchev–Trinajstić information content (AvgIpc) is 2.92. The normalized spacial score (nSPS) is 17.6. The molecule has 1 heterocycles. The molecule has 124 valence electrons. The summed E-state index contributed by atoms with van der Waals surface area (Å²) in [5.74, 6) is 0. The number of methoxy groups -OCH3 is 2. The van der Waals surface area contributed by atoms with Gasteiger partial charge in [-0.3, -0.25) is 0 Å². The van der Waals surface area contributed by atoms with Crippen LogP contribution in [-0.4, -0.2) is 58.5 Å². The van der Waals surface area contributed by atoms with Gasteiger partial charge in [-0.2, -0.15) is 13.2 Å². The zero-order chi connectivity index (χ0) is 16.5. The van der Waals surface area contributed by atoms with E-state index in [0.717, 1.165) is 14.2 Å². The Balaban J connectivity index is 0.000000394. The van der Waals surface area contributed by atoms with E-state index in [-0.39, 0.29) is 13.4 Å². The highest BCUT2D eigenvalue weighted by atomic mass is 19.4. The zero-order valence-corrected chi connectivity index (χ0v) is 11.5. The van der Waals surface area contributed by atoms with Gasteiger partial charge in [0.25, 0.3) is 6.29 Å². The van der Waals surface area contributed by atoms with Crippen molar-refractivity contribution >= 4 is 12.3 Å². The lowest BCUT2D eigenvalue weighted by molar-refractivity contribution is -0.202. The summed E-state index contributed by atoms with van der Waals surface area (Å²) in [6.45, 7) is 0.738. The van der Waals surface area contributed by atoms with Gasteiger partial charge in [-0.25, -0.2) is 9.59 Å². The third-order valence-electron chi connectivity index (χ3n) is 1.84. The first kappa shape index (κ1) is 19.2. The van der Waals surface area contributed by atoms with Crippen LogP contribution in [0.3, 0.4) is 0 Å². The molecule has 1 rings (SSSR count). The topological polar surface area (TPSA) is 89.5 Å². The van der Waals surface area contributed by atoms with Crippen LogP contribution in [0.15, 0.2) is 0 Å². The number of carbonyl (C=O) groups excluding carboxylic acids is 2. The van der Waals surface area contributed by atoms with Gasteiger partial charge >= 0.3 is 18.5 Å². The maximum Gasteiger partial charge on any atom is 0.511 e. The SMILES string of the molecule is COC(=O)OC(C)OC(=O)OC.FC(F)(F)C1COCO1. The van der Waals surface area contributed by atoms with E-state index in [1.807, 2.05) is 0 Å². The van der Waals surface area contributed by atoms with Crippen LogP contribution in [-0.2, 0) is 28.4 Å². The van der Waals surface area contributed by atoms with Crippen molar-refractivity contribution in [3.8, 4) is 0 Å². The van der Waals surface area contributed by atoms with E-state index in [1.54, 1.807) is 0 Å². The Morgan fingerprint density at radius 3 is 1.86 bits per heavy atom. The highest BCUT2D eigenvalue weighted by Gasteiger charge is 2.43. The molecule has 1 fully saturated rings. The molecule has 0 aromatic rings. The molecule has 8 nitrogen and oxygen atoms in total. The minimum Gasteiger partial charge on any atom is -0.438 e. The van der Waals surface area contributed by atoms with Crippen LogP contribution in [0.4, 0.5) is 22.8 Å². The highest BCUT2D eigenvalue weighted by molar-refractivity contribution is 5.61. The monoisotopic (exact) mass is 320 g/mol. The molecule has 21 heavy (non-hydrogen) atoms. The molecule has 0 N–H and O–H groups in total. The van der Waals surface area contributed by atoms with E-state index < -0.39 is 30.9 Å². The Bertz CT molecular complexity index is 309. The molecule has 1 aliphatic rings. The number of carbonyl (C=O) groups is 2. The van der Waals surface area contributed by atoms with Crippen molar-refractivity contribution in [1.29, 1.82) is 0 Å². The van der Waals surface area contributed by atoms with Crippen molar-refractivity contribution in [1.82, 2.24) is 0 Å². The molecular formula is C10H15F3O8. The largest absolute Gasteiger partial charge is 0.511 e. The van der Waals surface area contributed by atoms with Gasteiger partial charge in [0.2, 0.25) is 0 Å². The molecule has 0 radical (unpaired) electrons. The van der Waals surface area contributed by atoms with Gasteiger partial charge in [0.05, 0.1) is 20.8 Å². The van der Waals surface area contributed by atoms with Gasteiger partial charge in [0, 0.05) is 6.92 Å². The summed E-state index contributed by atoms with van der Waals surface area (Å²) in [4.78, 5) is 20.8. The Hall–Kier alpha value is -1.75. The fourth-order valence-corrected chi connectivity index (χ4v) is 0.914. The second kappa shape index (κ2) is 9.23. The Labute approximate surface area is 118 Å². The van der Waals surface area contributed by atoms with E-state index in [1.165, 1.54) is 6.92 Å². The van der Waals surface area contributed by atoms with E-state index in [0.29, 0.717) is 0 Å². The molecule has 0 aromatic carbocycles. The molecule has 0 saturated carbocycles. The molecular weight excluding hydrogens is 305 g/mol. The third-order valence-corrected chi connectivity index (χ3v) is 1.84. The molecule has 0 aromatic heterocycles. The Kier molecular flexibility index (Phi) is 8.47. The number of hydrogen-bond acceptors (Lipinski definition) is 8. The lowest BCUT2D eigenvalue weighted by Crippen LogP contribution is -2.30. The summed E-state index contributed by atoms with van der Waals surface area (Å²) in [7, 11) is 2.29. The lowest BCUT2D eigenvalue weighted by Gasteiger charge is -2.11. The van der Waals surface area contributed by atoms with Crippen LogP contribution in [0, 0.1) is 0 Å². The van der Waals surface area contributed by atoms with E-state index in [2.05, 4.69) is 28.4 Å². The van der Waals surface area contributed by atoms with Gasteiger partial charge in [-0.1, -0.05) is 0 Å². The number of rotatable bonds is 2. The summed E-state index contributed by atoms with van der Waals surface area (Å²) >= 11 is 0. The van der Waals surface area contributed by atoms with Gasteiger partial charge in [0.1, 0.15) is 6.79 Å². The minimum absolute atomic E-state index is 0.246. The second-order valence-electron chi connectivity index (χ2n) is 3.40. The summed E-state index contributed by atoms with van der Waals surface area (Å²) in [5, 5.41) is 0. The maximum atomic E-state index is 11.6. The van der Waals surface area contributed by atoms with Crippen molar-refractivity contribution in [2.24, 2.45) is 0 Å². The molecule has 1 atom stereocenters. The molecule has 1 unspecified atom stereocenters. The smallest absolute Gasteiger partial charge is 0.438 e. The summed E-state index contributed by atoms with van der Waals surface area (Å²) in [6.07, 6.45) is -8.85. The first-order chi connectivity index (χ1) is 9.70. The number of halogens is 3. The van der Waals surface area contributed by atoms with Crippen LogP contribution < -0.4 is 0 Å². The number of alkyl halides is 3. The number of hydrogen-bond donors (Lipinski definition) is 0. The lowest BCUT2D eigenvalue weighted by atomic mass is 10.4. The quantitative estimate of drug-likeness (QED) is 0.562. The van der Waals surface area contributed by atoms with Gasteiger partial charge in [0.15, 0.2) is 6.10 Å². The van der Waals surface area contributed by atoms with Crippen LogP contribution in [0.1, 0.15) is 6.92 Å². The highest BCUT2D eigenvalue weighted by Crippen LogP contribution is 2.25. The molecule has 0 amide bonds. The number of ether oxygens (including phenoxy) is 6. The molecule has 0 aliphatic carbocycles. The zero-order valence-electron chi connectivity index (χ0n) is 11.5. The van der Waals surface area contributed by atoms with Crippen LogP contribution in [0.5, 0.6) is 0 Å². The second-order valence-corrected chi connectivity index (χ2v) is 3.40. The van der Waals surface area contributed by atoms with Crippen molar-refractivity contribution in [2.75, 3.05) is 27.6 Å². The average molecular weight is 320 g/mol. The molecule has 1 aliphatic heterocycles. The summed E-state index contributed by atoms with van der Waals surface area (Å²) in [6, 6.07) is 0. The fraction of sp³-hybridized carbons (Fsp3) is 0.800. The van der Waals surface area contributed by atoms with E-state index in [9.17, 15) is 22.8 Å². The van der Waals surface area contributed by atoms with Crippen LogP contribution in [0.2, 0.25) is 0 Å². The van der Waals surface area contributed by atoms with Crippen molar-refractivity contribution in [2.45, 2.75) is 25.5 Å². The van der Waals surface area contributed by atoms with Gasteiger partial charge in [-0.05, 0) is 0 Å². The molecule has 11 heteroatoms. The molecule has 0 spiro atoms. The minimum atomic E-state index is -4.27. The van der Waals surface area contributed by atoms with Crippen molar-refractivity contribution < 1.29 is 51.2 Å². The van der Waals surface area contributed by atoms with E-state index >= 15 is 0 Å². The van der Waals surface area contributed by atoms with Crippen LogP contribution >= 0.6 is 0 Å². The standard InChI is InChI=1S/C6H10O6.C4H5F3O2/c1-4(11-5(7)9-2)12-6(8)10-3;5-4(6,7)3-1-8-2-9-3/h4H,1-3H3;3H,1-2H2. The van der Waals surface area contributed by atoms with Gasteiger partial charge < -0.3 is 28.4 Å². The predicted molar refractivity (Wildman–Crippen MR) is 58.2 cm³/mol. The fourth-order valence-electron chi connectivity index (χ4n) is 0.914. The van der Waals surface area contributed by atoms with Gasteiger partial charge in [-0.15, -0.1) is 0 Å². The Morgan fingerprint density at radius 1 is 1.14 bits per heavy atom. The van der Waals surface area contributed by atoms with Crippen LogP contribution in [0.25, 0.3) is 0 Å². The third kappa shape index (κ3) is 8.92. The first-order valence-corrected chi connectivity index (χ1v) is 5.46.